The number of amides is 1. The van der Waals surface area contributed by atoms with Gasteiger partial charge in [-0.1, -0.05) is 23.9 Å². The van der Waals surface area contributed by atoms with Crippen molar-refractivity contribution >= 4 is 29.0 Å². The van der Waals surface area contributed by atoms with E-state index in [2.05, 4.69) is 20.8 Å². The molecule has 1 saturated heterocycles. The van der Waals surface area contributed by atoms with Gasteiger partial charge >= 0.3 is 6.18 Å². The number of tetrazole rings is 1. The number of aryl methyl sites for hydroxylation is 1. The molecule has 1 amide bonds. The molecule has 3 aromatic rings. The van der Waals surface area contributed by atoms with Gasteiger partial charge in [-0.05, 0) is 60.2 Å². The minimum Gasteiger partial charge on any atom is -0.378 e. The summed E-state index contributed by atoms with van der Waals surface area (Å²) in [5, 5.41) is 14.1. The number of anilines is 2. The van der Waals surface area contributed by atoms with E-state index < -0.39 is 22.9 Å². The highest BCUT2D eigenvalue weighted by Gasteiger charge is 2.32. The number of carbonyl (C=O) groups excluding carboxylic acids is 1. The second kappa shape index (κ2) is 10.0. The largest absolute Gasteiger partial charge is 0.416 e. The molecule has 1 aliphatic rings. The fraction of sp³-hybridized carbons (Fsp3) is 0.364. The predicted molar refractivity (Wildman–Crippen MR) is 122 cm³/mol. The number of nitrogens with zero attached hydrogens (tertiary/aromatic N) is 5. The topological polar surface area (TPSA) is 85.2 Å². The SMILES string of the molecule is Cc1cccc(-n2nnnc2S[C@H](C)C(=O)Nc2cc(C(F)(F)F)ccc2N2CCOCC2)c1. The quantitative estimate of drug-likeness (QED) is 0.522. The van der Waals surface area contributed by atoms with Crippen LogP contribution in [0.5, 0.6) is 0 Å². The van der Waals surface area contributed by atoms with Crippen LogP contribution < -0.4 is 10.2 Å². The Morgan fingerprint density at radius 1 is 1.18 bits per heavy atom. The van der Waals surface area contributed by atoms with E-state index in [4.69, 9.17) is 4.74 Å². The molecule has 0 saturated carbocycles. The molecule has 180 valence electrons. The smallest absolute Gasteiger partial charge is 0.378 e. The predicted octanol–water partition coefficient (Wildman–Crippen LogP) is 3.95. The van der Waals surface area contributed by atoms with Gasteiger partial charge in [-0.3, -0.25) is 4.79 Å². The highest BCUT2D eigenvalue weighted by Crippen LogP contribution is 2.36. The van der Waals surface area contributed by atoms with Crippen LogP contribution in [0.3, 0.4) is 0 Å². The van der Waals surface area contributed by atoms with Crippen LogP contribution in [0, 0.1) is 6.92 Å². The highest BCUT2D eigenvalue weighted by atomic mass is 32.2. The highest BCUT2D eigenvalue weighted by molar-refractivity contribution is 8.00. The van der Waals surface area contributed by atoms with Crippen molar-refractivity contribution in [1.82, 2.24) is 20.2 Å². The van der Waals surface area contributed by atoms with Gasteiger partial charge in [0.1, 0.15) is 0 Å². The number of hydrogen-bond acceptors (Lipinski definition) is 7. The van der Waals surface area contributed by atoms with Crippen molar-refractivity contribution in [2.45, 2.75) is 30.4 Å². The van der Waals surface area contributed by atoms with E-state index >= 15 is 0 Å². The number of hydrogen-bond donors (Lipinski definition) is 1. The zero-order valence-electron chi connectivity index (χ0n) is 18.5. The molecule has 2 heterocycles. The van der Waals surface area contributed by atoms with Gasteiger partial charge in [0.05, 0.1) is 41.1 Å². The number of ether oxygens (including phenoxy) is 1. The van der Waals surface area contributed by atoms with Crippen LogP contribution in [0.15, 0.2) is 47.6 Å². The molecular weight excluding hydrogens is 469 g/mol. The van der Waals surface area contributed by atoms with Crippen LogP contribution in [-0.4, -0.2) is 57.7 Å². The lowest BCUT2D eigenvalue weighted by atomic mass is 10.1. The molecule has 0 spiro atoms. The first-order valence-electron chi connectivity index (χ1n) is 10.6. The summed E-state index contributed by atoms with van der Waals surface area (Å²) in [6.45, 7) is 5.55. The summed E-state index contributed by atoms with van der Waals surface area (Å²) < 4.78 is 46.9. The first-order valence-corrected chi connectivity index (χ1v) is 11.5. The maximum absolute atomic E-state index is 13.3. The van der Waals surface area contributed by atoms with Crippen molar-refractivity contribution in [3.05, 3.63) is 53.6 Å². The van der Waals surface area contributed by atoms with Crippen LogP contribution in [0.2, 0.25) is 0 Å². The third kappa shape index (κ3) is 5.50. The van der Waals surface area contributed by atoms with Gasteiger partial charge in [0.2, 0.25) is 11.1 Å². The zero-order chi connectivity index (χ0) is 24.3. The normalized spacial score (nSPS) is 15.3. The molecule has 4 rings (SSSR count). The van der Waals surface area contributed by atoms with Gasteiger partial charge in [-0.2, -0.15) is 17.9 Å². The summed E-state index contributed by atoms with van der Waals surface area (Å²) in [4.78, 5) is 14.9. The number of halogens is 3. The van der Waals surface area contributed by atoms with Gasteiger partial charge in [0.25, 0.3) is 0 Å². The number of carbonyl (C=O) groups is 1. The van der Waals surface area contributed by atoms with Crippen molar-refractivity contribution in [3.8, 4) is 5.69 Å². The Balaban J connectivity index is 1.55. The Morgan fingerprint density at radius 3 is 2.65 bits per heavy atom. The minimum absolute atomic E-state index is 0.104. The Hall–Kier alpha value is -3.12. The maximum Gasteiger partial charge on any atom is 0.416 e. The molecule has 1 atom stereocenters. The average Bonchev–Trinajstić information content (AvgIpc) is 3.27. The van der Waals surface area contributed by atoms with Crippen LogP contribution in [-0.2, 0) is 15.7 Å². The molecule has 0 radical (unpaired) electrons. The molecule has 1 aliphatic heterocycles. The number of rotatable bonds is 6. The lowest BCUT2D eigenvalue weighted by molar-refractivity contribution is -0.137. The summed E-state index contributed by atoms with van der Waals surface area (Å²) >= 11 is 1.12. The first-order chi connectivity index (χ1) is 16.2. The minimum atomic E-state index is -4.53. The molecule has 12 heteroatoms. The molecule has 34 heavy (non-hydrogen) atoms. The number of benzene rings is 2. The van der Waals surface area contributed by atoms with Gasteiger partial charge in [-0.15, -0.1) is 5.10 Å². The molecule has 1 fully saturated rings. The Labute approximate surface area is 198 Å². The Morgan fingerprint density at radius 2 is 1.94 bits per heavy atom. The van der Waals surface area contributed by atoms with Crippen LogP contribution in [0.4, 0.5) is 24.5 Å². The van der Waals surface area contributed by atoms with E-state index in [9.17, 15) is 18.0 Å². The summed E-state index contributed by atoms with van der Waals surface area (Å²) in [7, 11) is 0. The fourth-order valence-corrected chi connectivity index (χ4v) is 4.32. The monoisotopic (exact) mass is 492 g/mol. The van der Waals surface area contributed by atoms with Gasteiger partial charge in [-0.25, -0.2) is 0 Å². The number of morpholine rings is 1. The third-order valence-electron chi connectivity index (χ3n) is 5.27. The van der Waals surface area contributed by atoms with E-state index in [0.29, 0.717) is 37.1 Å². The molecule has 0 unspecified atom stereocenters. The Bertz CT molecular complexity index is 1160. The summed E-state index contributed by atoms with van der Waals surface area (Å²) in [6.07, 6.45) is -4.53. The second-order valence-corrected chi connectivity index (χ2v) is 9.10. The molecule has 8 nitrogen and oxygen atoms in total. The second-order valence-electron chi connectivity index (χ2n) is 7.79. The first kappa shape index (κ1) is 24.0. The zero-order valence-corrected chi connectivity index (χ0v) is 19.4. The van der Waals surface area contributed by atoms with Gasteiger partial charge < -0.3 is 15.0 Å². The van der Waals surface area contributed by atoms with E-state index in [0.717, 1.165) is 35.1 Å². The van der Waals surface area contributed by atoms with E-state index in [-0.39, 0.29) is 5.69 Å². The summed E-state index contributed by atoms with van der Waals surface area (Å²) in [5.74, 6) is -0.461. The van der Waals surface area contributed by atoms with Gasteiger partial charge in [0.15, 0.2) is 0 Å². The van der Waals surface area contributed by atoms with Crippen LogP contribution >= 0.6 is 11.8 Å². The van der Waals surface area contributed by atoms with Crippen molar-refractivity contribution in [1.29, 1.82) is 0 Å². The average molecular weight is 493 g/mol. The lowest BCUT2D eigenvalue weighted by Crippen LogP contribution is -2.37. The van der Waals surface area contributed by atoms with Crippen LogP contribution in [0.1, 0.15) is 18.1 Å². The Kier molecular flexibility index (Phi) is 7.08. The lowest BCUT2D eigenvalue weighted by Gasteiger charge is -2.31. The maximum atomic E-state index is 13.3. The summed E-state index contributed by atoms with van der Waals surface area (Å²) in [5.41, 5.74) is 1.56. The van der Waals surface area contributed by atoms with E-state index in [1.165, 1.54) is 10.7 Å². The van der Waals surface area contributed by atoms with Crippen LogP contribution in [0.25, 0.3) is 5.69 Å². The molecular formula is C22H23F3N6O2S. The molecule has 2 aromatic carbocycles. The van der Waals surface area contributed by atoms with Gasteiger partial charge in [0, 0.05) is 13.1 Å². The number of thioether (sulfide) groups is 1. The third-order valence-corrected chi connectivity index (χ3v) is 6.31. The molecule has 1 N–H and O–H groups in total. The molecule has 1 aromatic heterocycles. The van der Waals surface area contributed by atoms with E-state index in [1.54, 1.807) is 6.92 Å². The van der Waals surface area contributed by atoms with Crippen molar-refractivity contribution < 1.29 is 22.7 Å². The standard InChI is InChI=1S/C22H23F3N6O2S/c1-14-4-3-5-17(12-14)31-21(27-28-29-31)34-15(2)20(32)26-18-13-16(22(23,24)25)6-7-19(18)30-8-10-33-11-9-30/h3-7,12-13,15H,8-11H2,1-2H3,(H,26,32)/t15-/m1/s1. The number of aromatic nitrogens is 4. The van der Waals surface area contributed by atoms with Crippen molar-refractivity contribution in [3.63, 3.8) is 0 Å². The number of nitrogens with one attached hydrogen (secondary N) is 1. The summed E-state index contributed by atoms with van der Waals surface area (Å²) in [6, 6.07) is 10.9. The fourth-order valence-electron chi connectivity index (χ4n) is 3.51. The molecule has 0 bridgehead atoms. The molecule has 0 aliphatic carbocycles. The number of alkyl halides is 3. The van der Waals surface area contributed by atoms with Crippen molar-refractivity contribution in [2.75, 3.05) is 36.5 Å². The van der Waals surface area contributed by atoms with Crippen molar-refractivity contribution in [2.24, 2.45) is 0 Å². The van der Waals surface area contributed by atoms with E-state index in [1.807, 2.05) is 36.1 Å².